The van der Waals surface area contributed by atoms with E-state index < -0.39 is 7.60 Å². The molecular formula is C13H21O4P. The molecule has 5 heteroatoms. The molecule has 0 aromatic heterocycles. The maximum atomic E-state index is 12.4. The van der Waals surface area contributed by atoms with E-state index >= 15 is 0 Å². The molecule has 0 spiro atoms. The monoisotopic (exact) mass is 272 g/mol. The Labute approximate surface area is 108 Å². The van der Waals surface area contributed by atoms with Crippen molar-refractivity contribution in [2.45, 2.75) is 26.7 Å². The Hall–Kier alpha value is -0.830. The summed E-state index contributed by atoms with van der Waals surface area (Å²) in [7, 11) is -3.04. The van der Waals surface area contributed by atoms with Gasteiger partial charge in [-0.25, -0.2) is 0 Å². The van der Waals surface area contributed by atoms with E-state index in [1.165, 1.54) is 0 Å². The van der Waals surface area contributed by atoms with E-state index in [9.17, 15) is 9.67 Å². The standard InChI is InChI=1S/C13H21O4P/c1-4-16-18(15,17-5-2)10-11(3)12-7-6-8-13(14)9-12/h6-9,11,14H,4-5,10H2,1-3H3/t11-/m0/s1. The van der Waals surface area contributed by atoms with Crippen LogP contribution in [0.15, 0.2) is 24.3 Å². The van der Waals surface area contributed by atoms with Gasteiger partial charge in [-0.05, 0) is 37.5 Å². The van der Waals surface area contributed by atoms with Crippen LogP contribution < -0.4 is 0 Å². The maximum Gasteiger partial charge on any atom is 0.331 e. The summed E-state index contributed by atoms with van der Waals surface area (Å²) in [5.74, 6) is 0.211. The molecule has 1 aromatic carbocycles. The van der Waals surface area contributed by atoms with E-state index in [1.807, 2.05) is 13.0 Å². The lowest BCUT2D eigenvalue weighted by atomic mass is 10.0. The fourth-order valence-corrected chi connectivity index (χ4v) is 3.76. The lowest BCUT2D eigenvalue weighted by Gasteiger charge is -2.21. The topological polar surface area (TPSA) is 55.8 Å². The summed E-state index contributed by atoms with van der Waals surface area (Å²) >= 11 is 0. The molecule has 4 nitrogen and oxygen atoms in total. The number of phenolic OH excluding ortho intramolecular Hbond substituents is 1. The van der Waals surface area contributed by atoms with Crippen molar-refractivity contribution in [3.63, 3.8) is 0 Å². The van der Waals surface area contributed by atoms with Crippen LogP contribution in [0.4, 0.5) is 0 Å². The fourth-order valence-electron chi connectivity index (χ4n) is 1.81. The molecule has 0 fully saturated rings. The van der Waals surface area contributed by atoms with Gasteiger partial charge < -0.3 is 14.2 Å². The second-order valence-electron chi connectivity index (χ2n) is 4.13. The molecule has 0 bridgehead atoms. The van der Waals surface area contributed by atoms with Gasteiger partial charge in [-0.1, -0.05) is 19.1 Å². The van der Waals surface area contributed by atoms with Crippen molar-refractivity contribution >= 4 is 7.60 Å². The van der Waals surface area contributed by atoms with Crippen LogP contribution in [-0.2, 0) is 13.6 Å². The minimum Gasteiger partial charge on any atom is -0.508 e. The van der Waals surface area contributed by atoms with Gasteiger partial charge in [0.15, 0.2) is 0 Å². The molecule has 1 N–H and O–H groups in total. The predicted octanol–water partition coefficient (Wildman–Crippen LogP) is 3.76. The maximum absolute atomic E-state index is 12.4. The van der Waals surface area contributed by atoms with Crippen LogP contribution in [0.25, 0.3) is 0 Å². The molecule has 0 amide bonds. The molecule has 0 unspecified atom stereocenters. The molecule has 0 aliphatic rings. The molecule has 1 aromatic rings. The van der Waals surface area contributed by atoms with Gasteiger partial charge in [-0.15, -0.1) is 0 Å². The van der Waals surface area contributed by atoms with Gasteiger partial charge in [0.2, 0.25) is 0 Å². The number of hydrogen-bond donors (Lipinski definition) is 1. The zero-order valence-electron chi connectivity index (χ0n) is 11.1. The van der Waals surface area contributed by atoms with Crippen LogP contribution in [0.1, 0.15) is 32.3 Å². The first-order valence-corrected chi connectivity index (χ1v) is 7.90. The van der Waals surface area contributed by atoms with Crippen LogP contribution in [0.3, 0.4) is 0 Å². The highest BCUT2D eigenvalue weighted by Gasteiger charge is 2.27. The molecule has 0 heterocycles. The van der Waals surface area contributed by atoms with Gasteiger partial charge in [-0.3, -0.25) is 4.57 Å². The first-order chi connectivity index (χ1) is 8.50. The minimum atomic E-state index is -3.04. The minimum absolute atomic E-state index is 0.000957. The third-order valence-electron chi connectivity index (χ3n) is 2.59. The van der Waals surface area contributed by atoms with Gasteiger partial charge in [0.25, 0.3) is 0 Å². The molecule has 0 saturated carbocycles. The van der Waals surface area contributed by atoms with Gasteiger partial charge in [0, 0.05) is 0 Å². The number of benzene rings is 1. The van der Waals surface area contributed by atoms with Crippen LogP contribution in [0, 0.1) is 0 Å². The number of hydrogen-bond acceptors (Lipinski definition) is 4. The summed E-state index contributed by atoms with van der Waals surface area (Å²) in [5.41, 5.74) is 0.926. The smallest absolute Gasteiger partial charge is 0.331 e. The van der Waals surface area contributed by atoms with Crippen molar-refractivity contribution in [3.05, 3.63) is 29.8 Å². The Bertz CT molecular complexity index is 409. The Balaban J connectivity index is 2.78. The third kappa shape index (κ3) is 4.45. The van der Waals surface area contributed by atoms with Gasteiger partial charge in [0.1, 0.15) is 5.75 Å². The number of rotatable bonds is 7. The molecule has 1 rings (SSSR count). The van der Waals surface area contributed by atoms with Crippen molar-refractivity contribution in [1.82, 2.24) is 0 Å². The zero-order chi connectivity index (χ0) is 13.6. The summed E-state index contributed by atoms with van der Waals surface area (Å²) < 4.78 is 22.9. The van der Waals surface area contributed by atoms with E-state index in [1.54, 1.807) is 32.0 Å². The first-order valence-electron chi connectivity index (χ1n) is 6.17. The van der Waals surface area contributed by atoms with Crippen molar-refractivity contribution in [1.29, 1.82) is 0 Å². The van der Waals surface area contributed by atoms with E-state index in [2.05, 4.69) is 0 Å². The SMILES string of the molecule is CCOP(=O)(C[C@H](C)c1cccc(O)c1)OCC. The van der Waals surface area contributed by atoms with Gasteiger partial charge >= 0.3 is 7.60 Å². The Kier molecular flexibility index (Phi) is 5.86. The van der Waals surface area contributed by atoms with Crippen molar-refractivity contribution in [2.24, 2.45) is 0 Å². The highest BCUT2D eigenvalue weighted by Crippen LogP contribution is 2.51. The third-order valence-corrected chi connectivity index (χ3v) is 4.89. The lowest BCUT2D eigenvalue weighted by Crippen LogP contribution is -2.06. The molecule has 0 radical (unpaired) electrons. The van der Waals surface area contributed by atoms with Gasteiger partial charge in [0.05, 0.1) is 19.4 Å². The van der Waals surface area contributed by atoms with Crippen molar-refractivity contribution in [2.75, 3.05) is 19.4 Å². The molecule has 1 atom stereocenters. The molecule has 0 aliphatic heterocycles. The Morgan fingerprint density at radius 3 is 2.39 bits per heavy atom. The van der Waals surface area contributed by atoms with Crippen molar-refractivity contribution < 1.29 is 18.7 Å². The largest absolute Gasteiger partial charge is 0.508 e. The zero-order valence-corrected chi connectivity index (χ0v) is 12.0. The second kappa shape index (κ2) is 6.93. The number of phenols is 1. The quantitative estimate of drug-likeness (QED) is 0.768. The summed E-state index contributed by atoms with van der Waals surface area (Å²) in [6, 6.07) is 6.95. The molecule has 0 saturated heterocycles. The van der Waals surface area contributed by atoms with Crippen LogP contribution in [0.5, 0.6) is 5.75 Å². The van der Waals surface area contributed by atoms with Crippen LogP contribution in [-0.4, -0.2) is 24.5 Å². The number of aromatic hydroxyl groups is 1. The Morgan fingerprint density at radius 1 is 1.28 bits per heavy atom. The highest BCUT2D eigenvalue weighted by atomic mass is 31.2. The predicted molar refractivity (Wildman–Crippen MR) is 72.2 cm³/mol. The second-order valence-corrected chi connectivity index (χ2v) is 6.23. The van der Waals surface area contributed by atoms with E-state index in [0.717, 1.165) is 5.56 Å². The van der Waals surface area contributed by atoms with Crippen molar-refractivity contribution in [3.8, 4) is 5.75 Å². The molecular weight excluding hydrogens is 251 g/mol. The first kappa shape index (κ1) is 15.2. The summed E-state index contributed by atoms with van der Waals surface area (Å²) in [6.45, 7) is 6.27. The Morgan fingerprint density at radius 2 is 1.89 bits per heavy atom. The lowest BCUT2D eigenvalue weighted by molar-refractivity contribution is 0.219. The molecule has 0 aliphatic carbocycles. The molecule has 102 valence electrons. The normalized spacial score (nSPS) is 13.5. The van der Waals surface area contributed by atoms with Crippen LogP contribution >= 0.6 is 7.60 Å². The average Bonchev–Trinajstić information content (AvgIpc) is 2.29. The van der Waals surface area contributed by atoms with Gasteiger partial charge in [-0.2, -0.15) is 0 Å². The average molecular weight is 272 g/mol. The summed E-state index contributed by atoms with van der Waals surface area (Å²) in [5, 5.41) is 9.44. The van der Waals surface area contributed by atoms with E-state index in [0.29, 0.717) is 19.4 Å². The fraction of sp³-hybridized carbons (Fsp3) is 0.538. The summed E-state index contributed by atoms with van der Waals surface area (Å²) in [4.78, 5) is 0. The molecule has 18 heavy (non-hydrogen) atoms. The highest BCUT2D eigenvalue weighted by molar-refractivity contribution is 7.53. The van der Waals surface area contributed by atoms with E-state index in [4.69, 9.17) is 9.05 Å². The summed E-state index contributed by atoms with van der Waals surface area (Å²) in [6.07, 6.45) is 0.318. The van der Waals surface area contributed by atoms with Crippen LogP contribution in [0.2, 0.25) is 0 Å². The van der Waals surface area contributed by atoms with E-state index in [-0.39, 0.29) is 11.7 Å².